The first-order valence-electron chi connectivity index (χ1n) is 7.19. The molecule has 0 atom stereocenters. The Kier molecular flexibility index (Phi) is 10.7. The molecule has 0 aromatic rings. The van der Waals surface area contributed by atoms with Crippen molar-refractivity contribution in [3.8, 4) is 0 Å². The summed E-state index contributed by atoms with van der Waals surface area (Å²) in [5, 5.41) is 3.21. The van der Waals surface area contributed by atoms with E-state index in [1.807, 2.05) is 0 Å². The van der Waals surface area contributed by atoms with Crippen molar-refractivity contribution >= 4 is 9.84 Å². The lowest BCUT2D eigenvalue weighted by Gasteiger charge is -2.17. The summed E-state index contributed by atoms with van der Waals surface area (Å²) in [4.78, 5) is 2.32. The lowest BCUT2D eigenvalue weighted by atomic mass is 10.3. The highest BCUT2D eigenvalue weighted by atomic mass is 32.2. The zero-order valence-corrected chi connectivity index (χ0v) is 13.1. The number of rotatable bonds is 12. The molecule has 0 radical (unpaired) electrons. The largest absolute Gasteiger partial charge is 0.314 e. The highest BCUT2D eigenvalue weighted by molar-refractivity contribution is 7.91. The third-order valence-corrected chi connectivity index (χ3v) is 4.88. The van der Waals surface area contributed by atoms with E-state index in [1.165, 1.54) is 0 Å². The molecule has 0 saturated heterocycles. The van der Waals surface area contributed by atoms with Gasteiger partial charge in [0.05, 0.1) is 11.5 Å². The van der Waals surface area contributed by atoms with Crippen molar-refractivity contribution in [2.45, 2.75) is 40.0 Å². The fourth-order valence-electron chi connectivity index (χ4n) is 1.80. The van der Waals surface area contributed by atoms with Crippen molar-refractivity contribution in [1.82, 2.24) is 10.2 Å². The molecule has 0 aromatic heterocycles. The molecule has 110 valence electrons. The highest BCUT2D eigenvalue weighted by Gasteiger charge is 2.09. The Balaban J connectivity index is 3.58. The van der Waals surface area contributed by atoms with E-state index in [4.69, 9.17) is 0 Å². The lowest BCUT2D eigenvalue weighted by molar-refractivity contribution is 0.303. The maximum Gasteiger partial charge on any atom is 0.151 e. The molecule has 4 nitrogen and oxygen atoms in total. The van der Waals surface area contributed by atoms with E-state index in [1.54, 1.807) is 0 Å². The molecule has 0 aromatic carbocycles. The maximum atomic E-state index is 11.7. The Morgan fingerprint density at radius 2 is 1.61 bits per heavy atom. The van der Waals surface area contributed by atoms with Crippen molar-refractivity contribution in [2.75, 3.05) is 44.2 Å². The molecule has 0 rings (SSSR count). The van der Waals surface area contributed by atoms with Gasteiger partial charge in [-0.25, -0.2) is 8.42 Å². The minimum atomic E-state index is -2.84. The standard InChI is InChI=1S/C13H30N2O2S/c1-4-7-8-12-18(16,17)13-10-14-9-11-15(5-2)6-3/h14H,4-13H2,1-3H3. The van der Waals surface area contributed by atoms with Gasteiger partial charge in [-0.15, -0.1) is 0 Å². The van der Waals surface area contributed by atoms with E-state index < -0.39 is 9.84 Å². The first-order chi connectivity index (χ1) is 8.55. The average Bonchev–Trinajstić information content (AvgIpc) is 2.34. The van der Waals surface area contributed by atoms with Crippen LogP contribution in [0.3, 0.4) is 0 Å². The number of hydrogen-bond acceptors (Lipinski definition) is 4. The number of nitrogens with one attached hydrogen (secondary N) is 1. The fraction of sp³-hybridized carbons (Fsp3) is 1.00. The molecule has 0 bridgehead atoms. The van der Waals surface area contributed by atoms with Gasteiger partial charge >= 0.3 is 0 Å². The molecule has 0 fully saturated rings. The summed E-state index contributed by atoms with van der Waals surface area (Å²) in [5.74, 6) is 0.619. The minimum Gasteiger partial charge on any atom is -0.314 e. The molecule has 18 heavy (non-hydrogen) atoms. The van der Waals surface area contributed by atoms with Gasteiger partial charge in [0.2, 0.25) is 0 Å². The van der Waals surface area contributed by atoms with Gasteiger partial charge in [-0.1, -0.05) is 33.6 Å². The topological polar surface area (TPSA) is 49.4 Å². The highest BCUT2D eigenvalue weighted by Crippen LogP contribution is 1.99. The molecule has 0 spiro atoms. The Bertz CT molecular complexity index is 275. The van der Waals surface area contributed by atoms with Gasteiger partial charge in [-0.05, 0) is 19.5 Å². The second kappa shape index (κ2) is 10.8. The molecule has 0 aliphatic rings. The minimum absolute atomic E-state index is 0.273. The number of sulfone groups is 1. The van der Waals surface area contributed by atoms with Gasteiger partial charge < -0.3 is 10.2 Å². The third kappa shape index (κ3) is 9.85. The van der Waals surface area contributed by atoms with Gasteiger partial charge in [-0.2, -0.15) is 0 Å². The molecule has 5 heteroatoms. The molecule has 0 unspecified atom stereocenters. The summed E-state index contributed by atoms with van der Waals surface area (Å²) in [6.45, 7) is 10.9. The summed E-state index contributed by atoms with van der Waals surface area (Å²) in [7, 11) is -2.84. The molecule has 1 N–H and O–H groups in total. The first kappa shape index (κ1) is 17.9. The van der Waals surface area contributed by atoms with E-state index in [0.29, 0.717) is 12.3 Å². The SMILES string of the molecule is CCCCCS(=O)(=O)CCNCCN(CC)CC. The van der Waals surface area contributed by atoms with Crippen LogP contribution >= 0.6 is 0 Å². The molecule has 0 heterocycles. The van der Waals surface area contributed by atoms with Crippen LogP contribution < -0.4 is 5.32 Å². The average molecular weight is 278 g/mol. The van der Waals surface area contributed by atoms with Crippen LogP contribution in [0.2, 0.25) is 0 Å². The van der Waals surface area contributed by atoms with E-state index in [-0.39, 0.29) is 5.75 Å². The molecular formula is C13H30N2O2S. The molecule has 0 aliphatic carbocycles. The normalized spacial score (nSPS) is 12.2. The summed E-state index contributed by atoms with van der Waals surface area (Å²) in [6, 6.07) is 0. The van der Waals surface area contributed by atoms with Crippen molar-refractivity contribution in [3.63, 3.8) is 0 Å². The number of nitrogens with zero attached hydrogens (tertiary/aromatic N) is 1. The zero-order chi connectivity index (χ0) is 13.9. The second-order valence-corrected chi connectivity index (χ2v) is 6.94. The van der Waals surface area contributed by atoms with Crippen LogP contribution in [0.5, 0.6) is 0 Å². The predicted molar refractivity (Wildman–Crippen MR) is 78.8 cm³/mol. The number of unbranched alkanes of at least 4 members (excludes halogenated alkanes) is 2. The van der Waals surface area contributed by atoms with E-state index >= 15 is 0 Å². The van der Waals surface area contributed by atoms with Crippen LogP contribution in [-0.4, -0.2) is 57.5 Å². The van der Waals surface area contributed by atoms with Crippen molar-refractivity contribution in [2.24, 2.45) is 0 Å². The van der Waals surface area contributed by atoms with Gasteiger partial charge in [0.15, 0.2) is 9.84 Å². The summed E-state index contributed by atoms with van der Waals surface area (Å²) >= 11 is 0. The van der Waals surface area contributed by atoms with Crippen LogP contribution in [-0.2, 0) is 9.84 Å². The fourth-order valence-corrected chi connectivity index (χ4v) is 3.11. The summed E-state index contributed by atoms with van der Waals surface area (Å²) < 4.78 is 23.3. The van der Waals surface area contributed by atoms with Crippen LogP contribution in [0.1, 0.15) is 40.0 Å². The number of hydrogen-bond donors (Lipinski definition) is 1. The zero-order valence-electron chi connectivity index (χ0n) is 12.2. The molecular weight excluding hydrogens is 248 g/mol. The summed E-state index contributed by atoms with van der Waals surface area (Å²) in [5.41, 5.74) is 0. The van der Waals surface area contributed by atoms with E-state index in [2.05, 4.69) is 31.0 Å². The van der Waals surface area contributed by atoms with Gasteiger partial charge in [-0.3, -0.25) is 0 Å². The van der Waals surface area contributed by atoms with Gasteiger partial charge in [0.1, 0.15) is 0 Å². The Hall–Kier alpha value is -0.130. The molecule has 0 amide bonds. The van der Waals surface area contributed by atoms with E-state index in [9.17, 15) is 8.42 Å². The van der Waals surface area contributed by atoms with Crippen LogP contribution in [0.25, 0.3) is 0 Å². The van der Waals surface area contributed by atoms with Gasteiger partial charge in [0, 0.05) is 19.6 Å². The van der Waals surface area contributed by atoms with E-state index in [0.717, 1.165) is 45.4 Å². The Labute approximate surface area is 113 Å². The second-order valence-electron chi connectivity index (χ2n) is 4.64. The Morgan fingerprint density at radius 1 is 0.944 bits per heavy atom. The lowest BCUT2D eigenvalue weighted by Crippen LogP contribution is -2.34. The Morgan fingerprint density at radius 3 is 2.17 bits per heavy atom. The van der Waals surface area contributed by atoms with Crippen molar-refractivity contribution in [3.05, 3.63) is 0 Å². The van der Waals surface area contributed by atoms with Crippen LogP contribution in [0, 0.1) is 0 Å². The monoisotopic (exact) mass is 278 g/mol. The third-order valence-electron chi connectivity index (χ3n) is 3.15. The van der Waals surface area contributed by atoms with Gasteiger partial charge in [0.25, 0.3) is 0 Å². The quantitative estimate of drug-likeness (QED) is 0.550. The first-order valence-corrected chi connectivity index (χ1v) is 9.01. The molecule has 0 saturated carbocycles. The van der Waals surface area contributed by atoms with Crippen molar-refractivity contribution < 1.29 is 8.42 Å². The summed E-state index contributed by atoms with van der Waals surface area (Å²) in [6.07, 6.45) is 2.88. The smallest absolute Gasteiger partial charge is 0.151 e. The maximum absolute atomic E-state index is 11.7. The predicted octanol–water partition coefficient (Wildman–Crippen LogP) is 1.52. The van der Waals surface area contributed by atoms with Crippen molar-refractivity contribution in [1.29, 1.82) is 0 Å². The van der Waals surface area contributed by atoms with Crippen LogP contribution in [0.4, 0.5) is 0 Å². The van der Waals surface area contributed by atoms with Crippen LogP contribution in [0.15, 0.2) is 0 Å². The molecule has 0 aliphatic heterocycles. The number of likely N-dealkylation sites (N-methyl/N-ethyl adjacent to an activating group) is 1.